The van der Waals surface area contributed by atoms with Crippen molar-refractivity contribution in [3.05, 3.63) is 0 Å². The third-order valence-corrected chi connectivity index (χ3v) is 3.17. The lowest BCUT2D eigenvalue weighted by Crippen LogP contribution is -2.43. The second-order valence-electron chi connectivity index (χ2n) is 4.01. The molecule has 0 aliphatic carbocycles. The summed E-state index contributed by atoms with van der Waals surface area (Å²) >= 11 is 0. The van der Waals surface area contributed by atoms with Crippen molar-refractivity contribution in [3.63, 3.8) is 0 Å². The number of sulfonamides is 1. The van der Waals surface area contributed by atoms with Gasteiger partial charge in [0.15, 0.2) is 0 Å². The first-order valence-corrected chi connectivity index (χ1v) is 5.76. The van der Waals surface area contributed by atoms with Crippen LogP contribution in [-0.4, -0.2) is 19.7 Å². The minimum Gasteiger partial charge on any atom is -0.212 e. The Morgan fingerprint density at radius 2 is 1.92 bits per heavy atom. The summed E-state index contributed by atoms with van der Waals surface area (Å²) in [6.45, 7) is 6.70. The SMILES string of the molecule is CC(C)CS(=O)(=O)NC(C)(C)C#N. The fourth-order valence-corrected chi connectivity index (χ4v) is 2.68. The van der Waals surface area contributed by atoms with Crippen molar-refractivity contribution in [1.82, 2.24) is 4.72 Å². The van der Waals surface area contributed by atoms with Crippen LogP contribution in [0.25, 0.3) is 0 Å². The highest BCUT2D eigenvalue weighted by Crippen LogP contribution is 2.05. The lowest BCUT2D eigenvalue weighted by Gasteiger charge is -2.18. The number of nitrogens with zero attached hydrogens (tertiary/aromatic N) is 1. The Balaban J connectivity index is 4.46. The highest BCUT2D eigenvalue weighted by atomic mass is 32.2. The molecule has 0 atom stereocenters. The van der Waals surface area contributed by atoms with Gasteiger partial charge < -0.3 is 0 Å². The molecule has 0 aliphatic heterocycles. The van der Waals surface area contributed by atoms with E-state index >= 15 is 0 Å². The zero-order valence-corrected chi connectivity index (χ0v) is 9.27. The van der Waals surface area contributed by atoms with Crippen molar-refractivity contribution in [2.75, 3.05) is 5.75 Å². The molecule has 0 fully saturated rings. The van der Waals surface area contributed by atoms with E-state index in [0.717, 1.165) is 0 Å². The molecule has 0 heterocycles. The topological polar surface area (TPSA) is 70.0 Å². The van der Waals surface area contributed by atoms with Crippen molar-refractivity contribution < 1.29 is 8.42 Å². The summed E-state index contributed by atoms with van der Waals surface area (Å²) in [5.74, 6) is 0.116. The molecule has 5 heteroatoms. The predicted octanol–water partition coefficient (Wildman–Crippen LogP) is 0.864. The largest absolute Gasteiger partial charge is 0.213 e. The van der Waals surface area contributed by atoms with Gasteiger partial charge in [-0.15, -0.1) is 0 Å². The van der Waals surface area contributed by atoms with E-state index in [1.165, 1.54) is 13.8 Å². The Kier molecular flexibility index (Phi) is 3.88. The van der Waals surface area contributed by atoms with Crippen LogP contribution >= 0.6 is 0 Å². The third kappa shape index (κ3) is 5.61. The van der Waals surface area contributed by atoms with Crippen LogP contribution in [0.5, 0.6) is 0 Å². The van der Waals surface area contributed by atoms with Crippen molar-refractivity contribution in [3.8, 4) is 6.07 Å². The molecule has 0 saturated carbocycles. The van der Waals surface area contributed by atoms with Gasteiger partial charge in [0.1, 0.15) is 5.54 Å². The maximum Gasteiger partial charge on any atom is 0.213 e. The number of hydrogen-bond donors (Lipinski definition) is 1. The second kappa shape index (κ2) is 4.07. The van der Waals surface area contributed by atoms with Gasteiger partial charge in [-0.3, -0.25) is 0 Å². The van der Waals surface area contributed by atoms with E-state index in [0.29, 0.717) is 0 Å². The van der Waals surface area contributed by atoms with E-state index in [9.17, 15) is 8.42 Å². The molecule has 76 valence electrons. The van der Waals surface area contributed by atoms with Crippen molar-refractivity contribution in [2.24, 2.45) is 5.92 Å². The average Bonchev–Trinajstić information content (AvgIpc) is 1.81. The summed E-state index contributed by atoms with van der Waals surface area (Å²) in [5.41, 5.74) is -1.02. The molecule has 0 amide bonds. The molecule has 0 saturated heterocycles. The standard InChI is InChI=1S/C8H16N2O2S/c1-7(2)5-13(11,12)10-8(3,4)6-9/h7,10H,5H2,1-4H3. The number of rotatable bonds is 4. The van der Waals surface area contributed by atoms with Crippen LogP contribution < -0.4 is 4.72 Å². The normalized spacial score (nSPS) is 12.9. The van der Waals surface area contributed by atoms with Gasteiger partial charge in [0.2, 0.25) is 10.0 Å². The van der Waals surface area contributed by atoms with Crippen LogP contribution in [0.1, 0.15) is 27.7 Å². The minimum atomic E-state index is -3.32. The molecule has 0 aromatic heterocycles. The van der Waals surface area contributed by atoms with Crippen LogP contribution in [0.3, 0.4) is 0 Å². The van der Waals surface area contributed by atoms with Gasteiger partial charge in [-0.05, 0) is 19.8 Å². The van der Waals surface area contributed by atoms with E-state index in [2.05, 4.69) is 4.72 Å². The van der Waals surface area contributed by atoms with Crippen LogP contribution in [0.4, 0.5) is 0 Å². The van der Waals surface area contributed by atoms with Gasteiger partial charge in [0.25, 0.3) is 0 Å². The minimum absolute atomic E-state index is 0.0537. The first-order valence-electron chi connectivity index (χ1n) is 4.11. The first-order chi connectivity index (χ1) is 5.68. The van der Waals surface area contributed by atoms with Crippen LogP contribution in [0.2, 0.25) is 0 Å². The van der Waals surface area contributed by atoms with Crippen LogP contribution in [-0.2, 0) is 10.0 Å². The molecular formula is C8H16N2O2S. The summed E-state index contributed by atoms with van der Waals surface area (Å²) in [4.78, 5) is 0. The van der Waals surface area contributed by atoms with Gasteiger partial charge in [0.05, 0.1) is 11.8 Å². The van der Waals surface area contributed by atoms with Crippen molar-refractivity contribution in [2.45, 2.75) is 33.2 Å². The van der Waals surface area contributed by atoms with Crippen LogP contribution in [0, 0.1) is 17.2 Å². The molecule has 0 radical (unpaired) electrons. The molecular weight excluding hydrogens is 188 g/mol. The maximum atomic E-state index is 11.4. The molecule has 13 heavy (non-hydrogen) atoms. The van der Waals surface area contributed by atoms with Gasteiger partial charge in [-0.1, -0.05) is 13.8 Å². The monoisotopic (exact) mass is 204 g/mol. The van der Waals surface area contributed by atoms with Gasteiger partial charge in [0, 0.05) is 0 Å². The van der Waals surface area contributed by atoms with E-state index < -0.39 is 15.6 Å². The third-order valence-electron chi connectivity index (χ3n) is 1.24. The highest BCUT2D eigenvalue weighted by molar-refractivity contribution is 7.89. The molecule has 0 aliphatic rings. The zero-order valence-electron chi connectivity index (χ0n) is 8.46. The molecule has 0 bridgehead atoms. The Labute approximate surface area is 80.0 Å². The molecule has 0 rings (SSSR count). The quantitative estimate of drug-likeness (QED) is 0.738. The molecule has 1 N–H and O–H groups in total. The fourth-order valence-electron chi connectivity index (χ4n) is 0.892. The van der Waals surface area contributed by atoms with E-state index in [4.69, 9.17) is 5.26 Å². The highest BCUT2D eigenvalue weighted by Gasteiger charge is 2.24. The lowest BCUT2D eigenvalue weighted by atomic mass is 10.1. The second-order valence-corrected chi connectivity index (χ2v) is 5.78. The van der Waals surface area contributed by atoms with E-state index in [1.54, 1.807) is 0 Å². The molecule has 4 nitrogen and oxygen atoms in total. The Hall–Kier alpha value is -0.600. The van der Waals surface area contributed by atoms with Crippen molar-refractivity contribution in [1.29, 1.82) is 5.26 Å². The lowest BCUT2D eigenvalue weighted by molar-refractivity contribution is 0.527. The molecule has 0 unspecified atom stereocenters. The molecule has 0 spiro atoms. The fraction of sp³-hybridized carbons (Fsp3) is 0.875. The summed E-state index contributed by atoms with van der Waals surface area (Å²) in [6.07, 6.45) is 0. The van der Waals surface area contributed by atoms with Gasteiger partial charge in [-0.2, -0.15) is 9.98 Å². The Morgan fingerprint density at radius 1 is 1.46 bits per heavy atom. The average molecular weight is 204 g/mol. The summed E-state index contributed by atoms with van der Waals surface area (Å²) in [7, 11) is -3.32. The predicted molar refractivity (Wildman–Crippen MR) is 51.5 cm³/mol. The van der Waals surface area contributed by atoms with E-state index in [-0.39, 0.29) is 11.7 Å². The summed E-state index contributed by atoms with van der Waals surface area (Å²) in [6, 6.07) is 1.88. The number of nitriles is 1. The first kappa shape index (κ1) is 12.4. The Bertz CT molecular complexity index is 299. The van der Waals surface area contributed by atoms with Crippen LogP contribution in [0.15, 0.2) is 0 Å². The van der Waals surface area contributed by atoms with E-state index in [1.807, 2.05) is 19.9 Å². The zero-order chi connectivity index (χ0) is 10.7. The smallest absolute Gasteiger partial charge is 0.212 e. The summed E-state index contributed by atoms with van der Waals surface area (Å²) in [5, 5.41) is 8.61. The van der Waals surface area contributed by atoms with Gasteiger partial charge in [-0.25, -0.2) is 8.42 Å². The summed E-state index contributed by atoms with van der Waals surface area (Å²) < 4.78 is 25.0. The number of nitrogens with one attached hydrogen (secondary N) is 1. The Morgan fingerprint density at radius 3 is 2.23 bits per heavy atom. The molecule has 0 aromatic rings. The number of hydrogen-bond acceptors (Lipinski definition) is 3. The molecule has 0 aromatic carbocycles. The maximum absolute atomic E-state index is 11.4. The van der Waals surface area contributed by atoms with Crippen molar-refractivity contribution >= 4 is 10.0 Å². The van der Waals surface area contributed by atoms with Gasteiger partial charge >= 0.3 is 0 Å².